The minimum absolute atomic E-state index is 0.0723. The molecule has 0 aliphatic carbocycles. The summed E-state index contributed by atoms with van der Waals surface area (Å²) in [6, 6.07) is 23.1. The lowest BCUT2D eigenvalue weighted by molar-refractivity contribution is -0.131. The zero-order valence-electron chi connectivity index (χ0n) is 17.9. The number of rotatable bonds is 8. The molecule has 0 N–H and O–H groups in total. The lowest BCUT2D eigenvalue weighted by atomic mass is 10.1. The first-order chi connectivity index (χ1) is 16.1. The van der Waals surface area contributed by atoms with Gasteiger partial charge < -0.3 is 4.90 Å². The second-order valence-corrected chi connectivity index (χ2v) is 7.99. The van der Waals surface area contributed by atoms with Crippen LogP contribution in [0.4, 0.5) is 0 Å². The molecule has 2 aromatic heterocycles. The van der Waals surface area contributed by atoms with Gasteiger partial charge in [0.15, 0.2) is 0 Å². The molecule has 0 aliphatic heterocycles. The zero-order valence-corrected chi connectivity index (χ0v) is 18.7. The number of para-hydroxylation sites is 1. The van der Waals surface area contributed by atoms with Crippen LogP contribution in [0.5, 0.6) is 0 Å². The predicted molar refractivity (Wildman–Crippen MR) is 128 cm³/mol. The molecule has 0 saturated carbocycles. The van der Waals surface area contributed by atoms with Crippen molar-refractivity contribution in [1.29, 1.82) is 5.26 Å². The van der Waals surface area contributed by atoms with Crippen LogP contribution >= 0.6 is 11.6 Å². The molecule has 6 nitrogen and oxygen atoms in total. The van der Waals surface area contributed by atoms with E-state index in [1.54, 1.807) is 22.0 Å². The van der Waals surface area contributed by atoms with E-state index >= 15 is 0 Å². The number of nitrogens with zero attached hydrogens (tertiary/aromatic N) is 5. The molecule has 0 spiro atoms. The molecule has 4 rings (SSSR count). The molecule has 0 saturated heterocycles. The van der Waals surface area contributed by atoms with Gasteiger partial charge >= 0.3 is 0 Å². The van der Waals surface area contributed by atoms with Gasteiger partial charge in [0.05, 0.1) is 30.3 Å². The number of carbonyl (C=O) groups is 1. The summed E-state index contributed by atoms with van der Waals surface area (Å²) in [6.07, 6.45) is 5.75. The van der Waals surface area contributed by atoms with Crippen LogP contribution in [0.15, 0.2) is 85.3 Å². The number of halogens is 1. The molecule has 0 aliphatic rings. The lowest BCUT2D eigenvalue weighted by Crippen LogP contribution is -2.32. The van der Waals surface area contributed by atoms with Crippen LogP contribution in [0.25, 0.3) is 16.9 Å². The van der Waals surface area contributed by atoms with Crippen molar-refractivity contribution >= 4 is 17.5 Å². The van der Waals surface area contributed by atoms with Gasteiger partial charge in [-0.1, -0.05) is 48.0 Å². The molecule has 0 unspecified atom stereocenters. The first kappa shape index (κ1) is 22.3. The largest absolute Gasteiger partial charge is 0.337 e. The number of pyridine rings is 1. The van der Waals surface area contributed by atoms with Crippen molar-refractivity contribution in [3.8, 4) is 23.0 Å². The van der Waals surface area contributed by atoms with E-state index in [2.05, 4.69) is 11.1 Å². The van der Waals surface area contributed by atoms with Crippen molar-refractivity contribution in [3.05, 3.63) is 101 Å². The third kappa shape index (κ3) is 5.65. The van der Waals surface area contributed by atoms with E-state index in [9.17, 15) is 4.79 Å². The van der Waals surface area contributed by atoms with Crippen molar-refractivity contribution in [2.24, 2.45) is 0 Å². The van der Waals surface area contributed by atoms with E-state index in [-0.39, 0.29) is 18.7 Å². The van der Waals surface area contributed by atoms with E-state index in [0.717, 1.165) is 28.1 Å². The first-order valence-corrected chi connectivity index (χ1v) is 11.0. The fraction of sp³-hybridized carbons (Fsp3) is 0.154. The van der Waals surface area contributed by atoms with E-state index in [1.165, 1.54) is 0 Å². The second kappa shape index (κ2) is 10.6. The number of hydrogen-bond acceptors (Lipinski definition) is 4. The molecular formula is C26H22ClN5O. The summed E-state index contributed by atoms with van der Waals surface area (Å²) in [6.45, 7) is 0.755. The number of amides is 1. The number of hydrogen-bond donors (Lipinski definition) is 0. The lowest BCUT2D eigenvalue weighted by Gasteiger charge is -2.21. The molecule has 0 fully saturated rings. The Balaban J connectivity index is 1.65. The van der Waals surface area contributed by atoms with Crippen molar-refractivity contribution in [3.63, 3.8) is 0 Å². The van der Waals surface area contributed by atoms with Crippen molar-refractivity contribution in [2.45, 2.75) is 19.4 Å². The Morgan fingerprint density at radius 1 is 1.06 bits per heavy atom. The van der Waals surface area contributed by atoms with Crippen LogP contribution in [0.2, 0.25) is 5.02 Å². The number of benzene rings is 2. The first-order valence-electron chi connectivity index (χ1n) is 10.6. The third-order valence-electron chi connectivity index (χ3n) is 5.21. The molecule has 4 aromatic rings. The Bertz CT molecular complexity index is 1250. The predicted octanol–water partition coefficient (Wildman–Crippen LogP) is 5.07. The molecule has 7 heteroatoms. The minimum atomic E-state index is -0.0723. The number of aromatic nitrogens is 3. The highest BCUT2D eigenvalue weighted by Gasteiger charge is 2.20. The molecule has 0 radical (unpaired) electrons. The van der Waals surface area contributed by atoms with E-state index in [1.807, 2.05) is 72.9 Å². The van der Waals surface area contributed by atoms with Gasteiger partial charge in [0, 0.05) is 47.8 Å². The average Bonchev–Trinajstić information content (AvgIpc) is 3.27. The summed E-state index contributed by atoms with van der Waals surface area (Å²) in [5.74, 6) is -0.0723. The van der Waals surface area contributed by atoms with Crippen LogP contribution in [-0.2, 0) is 17.8 Å². The van der Waals surface area contributed by atoms with Gasteiger partial charge in [0.1, 0.15) is 0 Å². The van der Waals surface area contributed by atoms with E-state index in [0.29, 0.717) is 18.1 Å². The highest BCUT2D eigenvalue weighted by Crippen LogP contribution is 2.26. The quantitative estimate of drug-likeness (QED) is 0.371. The molecular weight excluding hydrogens is 434 g/mol. The highest BCUT2D eigenvalue weighted by atomic mass is 35.5. The van der Waals surface area contributed by atoms with E-state index < -0.39 is 0 Å². The summed E-state index contributed by atoms with van der Waals surface area (Å²) >= 11 is 6.07. The molecule has 2 heterocycles. The Morgan fingerprint density at radius 3 is 2.55 bits per heavy atom. The fourth-order valence-corrected chi connectivity index (χ4v) is 3.69. The summed E-state index contributed by atoms with van der Waals surface area (Å²) < 4.78 is 1.79. The molecule has 2 aromatic carbocycles. The maximum Gasteiger partial charge on any atom is 0.227 e. The van der Waals surface area contributed by atoms with Crippen molar-refractivity contribution < 1.29 is 4.79 Å². The number of carbonyl (C=O) groups excluding carboxylic acids is 1. The zero-order chi connectivity index (χ0) is 23.0. The highest BCUT2D eigenvalue weighted by molar-refractivity contribution is 6.30. The summed E-state index contributed by atoms with van der Waals surface area (Å²) in [4.78, 5) is 19.2. The SMILES string of the molecule is N#CCCN(Cc1cccnc1)C(=O)Cc1cn(-c2ccccc2)nc1-c1ccc(Cl)cc1. The maximum absolute atomic E-state index is 13.3. The van der Waals surface area contributed by atoms with Crippen LogP contribution in [0.1, 0.15) is 17.5 Å². The summed E-state index contributed by atoms with van der Waals surface area (Å²) in [5, 5.41) is 14.5. The molecule has 0 atom stereocenters. The molecule has 0 bridgehead atoms. The maximum atomic E-state index is 13.3. The smallest absolute Gasteiger partial charge is 0.227 e. The normalized spacial score (nSPS) is 10.5. The van der Waals surface area contributed by atoms with Gasteiger partial charge in [0.25, 0.3) is 0 Å². The monoisotopic (exact) mass is 455 g/mol. The van der Waals surface area contributed by atoms with Gasteiger partial charge in [-0.25, -0.2) is 4.68 Å². The number of nitriles is 1. The Kier molecular flexibility index (Phi) is 7.13. The van der Waals surface area contributed by atoms with E-state index in [4.69, 9.17) is 22.0 Å². The van der Waals surface area contributed by atoms with Crippen LogP contribution < -0.4 is 0 Å². The second-order valence-electron chi connectivity index (χ2n) is 7.55. The standard InChI is InChI=1S/C26H22ClN5O/c27-23-11-9-21(10-12-23)26-22(19-32(30-26)24-7-2-1-3-8-24)16-25(33)31(15-5-13-28)18-20-6-4-14-29-17-20/h1-4,6-12,14,17,19H,5,15-16,18H2. The van der Waals surface area contributed by atoms with Crippen LogP contribution in [0, 0.1) is 11.3 Å². The molecule has 1 amide bonds. The average molecular weight is 456 g/mol. The van der Waals surface area contributed by atoms with Crippen LogP contribution in [-0.4, -0.2) is 32.1 Å². The molecule has 33 heavy (non-hydrogen) atoms. The van der Waals surface area contributed by atoms with Gasteiger partial charge in [-0.3, -0.25) is 9.78 Å². The van der Waals surface area contributed by atoms with Gasteiger partial charge in [-0.2, -0.15) is 10.4 Å². The topological polar surface area (TPSA) is 74.8 Å². The molecule has 164 valence electrons. The Morgan fingerprint density at radius 2 is 1.85 bits per heavy atom. The van der Waals surface area contributed by atoms with Gasteiger partial charge in [-0.15, -0.1) is 0 Å². The summed E-state index contributed by atoms with van der Waals surface area (Å²) in [5.41, 5.74) is 4.24. The fourth-order valence-electron chi connectivity index (χ4n) is 3.57. The minimum Gasteiger partial charge on any atom is -0.337 e. The Hall–Kier alpha value is -3.95. The van der Waals surface area contributed by atoms with Crippen molar-refractivity contribution in [2.75, 3.05) is 6.54 Å². The third-order valence-corrected chi connectivity index (χ3v) is 5.46. The van der Waals surface area contributed by atoms with Gasteiger partial charge in [-0.05, 0) is 35.9 Å². The van der Waals surface area contributed by atoms with Crippen LogP contribution in [0.3, 0.4) is 0 Å². The van der Waals surface area contributed by atoms with Crippen molar-refractivity contribution in [1.82, 2.24) is 19.7 Å². The summed E-state index contributed by atoms with van der Waals surface area (Å²) in [7, 11) is 0. The van der Waals surface area contributed by atoms with Gasteiger partial charge in [0.2, 0.25) is 5.91 Å². The Labute approximate surface area is 197 Å².